The Morgan fingerprint density at radius 2 is 1.49 bits per heavy atom. The molecule has 0 saturated heterocycles. The quantitative estimate of drug-likeness (QED) is 0.347. The highest BCUT2D eigenvalue weighted by atomic mass is 35.5. The zero-order valence-electron chi connectivity index (χ0n) is 20.2. The molecule has 11 heteroatoms. The molecule has 3 aromatic rings. The van der Waals surface area contributed by atoms with Gasteiger partial charge in [0.25, 0.3) is 10.0 Å². The fraction of sp³-hybridized carbons (Fsp3) is 0.231. The Balaban J connectivity index is 2.05. The van der Waals surface area contributed by atoms with E-state index in [1.807, 2.05) is 0 Å². The lowest BCUT2D eigenvalue weighted by Gasteiger charge is -2.33. The molecule has 0 unspecified atom stereocenters. The molecule has 0 saturated carbocycles. The number of hydrogen-bond donors (Lipinski definition) is 1. The van der Waals surface area contributed by atoms with Crippen LogP contribution in [0, 0.1) is 0 Å². The third-order valence-electron chi connectivity index (χ3n) is 5.68. The van der Waals surface area contributed by atoms with Crippen LogP contribution in [0.2, 0.25) is 15.1 Å². The zero-order chi connectivity index (χ0) is 27.2. The molecule has 3 aromatic carbocycles. The first-order valence-corrected chi connectivity index (χ1v) is 13.9. The van der Waals surface area contributed by atoms with Crippen LogP contribution in [-0.4, -0.2) is 44.8 Å². The van der Waals surface area contributed by atoms with Crippen LogP contribution in [0.5, 0.6) is 0 Å². The Morgan fingerprint density at radius 3 is 2.03 bits per heavy atom. The molecular weight excluding hydrogens is 557 g/mol. The van der Waals surface area contributed by atoms with Gasteiger partial charge in [0.15, 0.2) is 0 Å². The highest BCUT2D eigenvalue weighted by molar-refractivity contribution is 7.92. The average Bonchev–Trinajstić information content (AvgIpc) is 2.88. The zero-order valence-corrected chi connectivity index (χ0v) is 23.3. The van der Waals surface area contributed by atoms with Crippen molar-refractivity contribution in [3.8, 4) is 0 Å². The lowest BCUT2D eigenvalue weighted by molar-refractivity contribution is -0.140. The smallest absolute Gasteiger partial charge is 0.264 e. The van der Waals surface area contributed by atoms with Crippen LogP contribution in [0.25, 0.3) is 0 Å². The normalized spacial score (nSPS) is 12.0. The number of carbonyl (C=O) groups is 2. The van der Waals surface area contributed by atoms with Gasteiger partial charge in [0, 0.05) is 28.7 Å². The number of anilines is 1. The highest BCUT2D eigenvalue weighted by Gasteiger charge is 2.33. The second kappa shape index (κ2) is 12.6. The van der Waals surface area contributed by atoms with E-state index in [1.165, 1.54) is 42.3 Å². The second-order valence-electron chi connectivity index (χ2n) is 8.13. The van der Waals surface area contributed by atoms with Gasteiger partial charge in [-0.15, -0.1) is 0 Å². The van der Waals surface area contributed by atoms with Gasteiger partial charge in [-0.25, -0.2) is 8.42 Å². The molecular formula is C26H26Cl3N3O4S. The fourth-order valence-electron chi connectivity index (χ4n) is 3.77. The van der Waals surface area contributed by atoms with Gasteiger partial charge < -0.3 is 10.2 Å². The molecule has 37 heavy (non-hydrogen) atoms. The number of halogens is 3. The number of nitrogens with zero attached hydrogens (tertiary/aromatic N) is 2. The maximum Gasteiger partial charge on any atom is 0.264 e. The first kappa shape index (κ1) is 28.8. The molecule has 7 nitrogen and oxygen atoms in total. The van der Waals surface area contributed by atoms with Crippen molar-refractivity contribution >= 4 is 62.3 Å². The molecule has 1 atom stereocenters. The SMILES string of the molecule is CC[C@@H](C(=O)NC)N(Cc1ccc(Cl)cc1)C(=O)CN(c1cccc(Cl)c1)S(=O)(=O)c1ccc(Cl)cc1. The molecule has 0 fully saturated rings. The van der Waals surface area contributed by atoms with Gasteiger partial charge in [-0.1, -0.05) is 59.9 Å². The number of nitrogens with one attached hydrogen (secondary N) is 1. The predicted molar refractivity (Wildman–Crippen MR) is 148 cm³/mol. The number of sulfonamides is 1. The summed E-state index contributed by atoms with van der Waals surface area (Å²) in [5, 5.41) is 3.79. The molecule has 2 amide bonds. The Morgan fingerprint density at radius 1 is 0.892 bits per heavy atom. The van der Waals surface area contributed by atoms with Crippen molar-refractivity contribution in [1.29, 1.82) is 0 Å². The highest BCUT2D eigenvalue weighted by Crippen LogP contribution is 2.27. The van der Waals surface area contributed by atoms with Gasteiger partial charge in [-0.3, -0.25) is 13.9 Å². The summed E-state index contributed by atoms with van der Waals surface area (Å²) in [5.74, 6) is -0.928. The molecule has 1 N–H and O–H groups in total. The minimum Gasteiger partial charge on any atom is -0.357 e. The Kier molecular flexibility index (Phi) is 9.84. The molecule has 0 bridgehead atoms. The van der Waals surface area contributed by atoms with E-state index in [0.29, 0.717) is 21.5 Å². The molecule has 0 radical (unpaired) electrons. The summed E-state index contributed by atoms with van der Waals surface area (Å²) in [6.07, 6.45) is 0.320. The molecule has 0 aliphatic rings. The van der Waals surface area contributed by atoms with Crippen molar-refractivity contribution in [2.45, 2.75) is 30.8 Å². The topological polar surface area (TPSA) is 86.8 Å². The van der Waals surface area contributed by atoms with Crippen LogP contribution in [0.3, 0.4) is 0 Å². The van der Waals surface area contributed by atoms with Gasteiger partial charge >= 0.3 is 0 Å². The Labute approximate surface area is 232 Å². The van der Waals surface area contributed by atoms with E-state index in [9.17, 15) is 18.0 Å². The summed E-state index contributed by atoms with van der Waals surface area (Å²) >= 11 is 18.1. The van der Waals surface area contributed by atoms with Gasteiger partial charge in [-0.05, 0) is 66.6 Å². The Hall–Kier alpha value is -2.78. The number of likely N-dealkylation sites (N-methyl/N-ethyl adjacent to an activating group) is 1. The maximum atomic E-state index is 13.8. The van der Waals surface area contributed by atoms with Crippen molar-refractivity contribution in [3.05, 3.63) is 93.4 Å². The molecule has 196 valence electrons. The van der Waals surface area contributed by atoms with Crippen LogP contribution < -0.4 is 9.62 Å². The summed E-state index contributed by atoms with van der Waals surface area (Å²) < 4.78 is 28.4. The van der Waals surface area contributed by atoms with Crippen LogP contribution in [0.4, 0.5) is 5.69 Å². The van der Waals surface area contributed by atoms with E-state index in [2.05, 4.69) is 5.32 Å². The maximum absolute atomic E-state index is 13.8. The van der Waals surface area contributed by atoms with E-state index >= 15 is 0 Å². The molecule has 0 aliphatic carbocycles. The standard InChI is InChI=1S/C26H26Cl3N3O4S/c1-3-24(26(34)30-2)31(16-18-7-9-19(27)10-8-18)25(33)17-32(22-6-4-5-21(29)15-22)37(35,36)23-13-11-20(28)12-14-23/h4-15,24H,3,16-17H2,1-2H3,(H,30,34)/t24-/m0/s1. The first-order chi connectivity index (χ1) is 17.6. The van der Waals surface area contributed by atoms with E-state index < -0.39 is 28.5 Å². The third-order valence-corrected chi connectivity index (χ3v) is 8.20. The third kappa shape index (κ3) is 7.17. The number of hydrogen-bond acceptors (Lipinski definition) is 4. The summed E-state index contributed by atoms with van der Waals surface area (Å²) in [6.45, 7) is 1.29. The van der Waals surface area contributed by atoms with Crippen LogP contribution in [0.1, 0.15) is 18.9 Å². The second-order valence-corrected chi connectivity index (χ2v) is 11.3. The van der Waals surface area contributed by atoms with Gasteiger partial charge in [0.05, 0.1) is 10.6 Å². The van der Waals surface area contributed by atoms with Crippen molar-refractivity contribution in [2.75, 3.05) is 17.9 Å². The lowest BCUT2D eigenvalue weighted by Crippen LogP contribution is -2.51. The van der Waals surface area contributed by atoms with Crippen LogP contribution in [0.15, 0.2) is 77.7 Å². The monoisotopic (exact) mass is 581 g/mol. The van der Waals surface area contributed by atoms with Gasteiger partial charge in [0.1, 0.15) is 12.6 Å². The van der Waals surface area contributed by atoms with Crippen molar-refractivity contribution in [1.82, 2.24) is 10.2 Å². The first-order valence-electron chi connectivity index (χ1n) is 11.4. The van der Waals surface area contributed by atoms with E-state index in [0.717, 1.165) is 9.87 Å². The molecule has 0 spiro atoms. The summed E-state index contributed by atoms with van der Waals surface area (Å²) in [6, 6.07) is 17.9. The fourth-order valence-corrected chi connectivity index (χ4v) is 5.61. The number of rotatable bonds is 10. The summed E-state index contributed by atoms with van der Waals surface area (Å²) in [4.78, 5) is 27.8. The number of amides is 2. The van der Waals surface area contributed by atoms with Crippen LogP contribution >= 0.6 is 34.8 Å². The summed E-state index contributed by atoms with van der Waals surface area (Å²) in [5.41, 5.74) is 0.935. The van der Waals surface area contributed by atoms with E-state index in [-0.39, 0.29) is 23.0 Å². The minimum absolute atomic E-state index is 0.0488. The number of benzene rings is 3. The van der Waals surface area contributed by atoms with Crippen molar-refractivity contribution in [2.24, 2.45) is 0 Å². The molecule has 0 aliphatic heterocycles. The van der Waals surface area contributed by atoms with E-state index in [4.69, 9.17) is 34.8 Å². The van der Waals surface area contributed by atoms with Crippen molar-refractivity contribution < 1.29 is 18.0 Å². The van der Waals surface area contributed by atoms with E-state index in [1.54, 1.807) is 49.4 Å². The van der Waals surface area contributed by atoms with Crippen LogP contribution in [-0.2, 0) is 26.2 Å². The van der Waals surface area contributed by atoms with Crippen molar-refractivity contribution in [3.63, 3.8) is 0 Å². The van der Waals surface area contributed by atoms with Gasteiger partial charge in [-0.2, -0.15) is 0 Å². The molecule has 3 rings (SSSR count). The summed E-state index contributed by atoms with van der Waals surface area (Å²) in [7, 11) is -2.72. The average molecular weight is 583 g/mol. The largest absolute Gasteiger partial charge is 0.357 e. The molecule has 0 heterocycles. The predicted octanol–water partition coefficient (Wildman–Crippen LogP) is 5.40. The lowest BCUT2D eigenvalue weighted by atomic mass is 10.1. The molecule has 0 aromatic heterocycles. The van der Waals surface area contributed by atoms with Gasteiger partial charge in [0.2, 0.25) is 11.8 Å². The number of carbonyl (C=O) groups excluding carboxylic acids is 2. The Bertz CT molecular complexity index is 1350. The minimum atomic E-state index is -4.20.